The first-order valence-corrected chi connectivity index (χ1v) is 9.57. The summed E-state index contributed by atoms with van der Waals surface area (Å²) >= 11 is 0. The van der Waals surface area contributed by atoms with E-state index in [0.717, 1.165) is 25.0 Å². The molecule has 2 amide bonds. The number of hydrogen-bond donors (Lipinski definition) is 1. The molecular weight excluding hydrogens is 340 g/mol. The van der Waals surface area contributed by atoms with Gasteiger partial charge in [0, 0.05) is 31.1 Å². The molecule has 1 heterocycles. The quantitative estimate of drug-likeness (QED) is 0.841. The van der Waals surface area contributed by atoms with Crippen molar-refractivity contribution < 1.29 is 14.3 Å². The number of nitrogens with one attached hydrogen (secondary N) is 1. The van der Waals surface area contributed by atoms with Gasteiger partial charge in [0.15, 0.2) is 0 Å². The number of hydrogen-bond acceptors (Lipinski definition) is 3. The molecule has 0 aromatic heterocycles. The molecule has 1 aliphatic heterocycles. The summed E-state index contributed by atoms with van der Waals surface area (Å²) in [4.78, 5) is 26.6. The van der Waals surface area contributed by atoms with Crippen molar-refractivity contribution in [1.82, 2.24) is 10.2 Å². The van der Waals surface area contributed by atoms with Crippen molar-refractivity contribution in [3.8, 4) is 11.5 Å². The van der Waals surface area contributed by atoms with Crippen LogP contribution in [0, 0.1) is 0 Å². The Hall–Kier alpha value is -2.82. The highest BCUT2D eigenvalue weighted by atomic mass is 16.5. The molecule has 3 rings (SSSR count). The number of rotatable bonds is 6. The van der Waals surface area contributed by atoms with E-state index >= 15 is 0 Å². The van der Waals surface area contributed by atoms with Gasteiger partial charge in [-0.3, -0.25) is 9.59 Å². The Morgan fingerprint density at radius 3 is 2.67 bits per heavy atom. The Morgan fingerprint density at radius 2 is 1.89 bits per heavy atom. The van der Waals surface area contributed by atoms with Gasteiger partial charge in [0.25, 0.3) is 5.91 Å². The Kier molecular flexibility index (Phi) is 6.47. The summed E-state index contributed by atoms with van der Waals surface area (Å²) in [5.74, 6) is 1.41. The number of benzene rings is 2. The Bertz CT molecular complexity index is 776. The lowest BCUT2D eigenvalue weighted by molar-refractivity contribution is -0.122. The van der Waals surface area contributed by atoms with Crippen molar-refractivity contribution in [3.05, 3.63) is 60.2 Å². The number of ether oxygens (including phenoxy) is 1. The minimum atomic E-state index is -0.0250. The number of carbonyl (C=O) groups excluding carboxylic acids is 2. The van der Waals surface area contributed by atoms with E-state index in [9.17, 15) is 9.59 Å². The van der Waals surface area contributed by atoms with Gasteiger partial charge in [-0.25, -0.2) is 0 Å². The van der Waals surface area contributed by atoms with Crippen LogP contribution in [-0.2, 0) is 4.79 Å². The van der Waals surface area contributed by atoms with Gasteiger partial charge < -0.3 is 15.0 Å². The molecule has 1 N–H and O–H groups in total. The summed E-state index contributed by atoms with van der Waals surface area (Å²) in [6.45, 7) is 3.25. The van der Waals surface area contributed by atoms with Gasteiger partial charge in [0.1, 0.15) is 11.5 Å². The van der Waals surface area contributed by atoms with Gasteiger partial charge in [-0.05, 0) is 49.6 Å². The second kappa shape index (κ2) is 9.21. The van der Waals surface area contributed by atoms with E-state index in [2.05, 4.69) is 5.32 Å². The van der Waals surface area contributed by atoms with Crippen LogP contribution < -0.4 is 10.1 Å². The highest BCUT2D eigenvalue weighted by Crippen LogP contribution is 2.23. The standard InChI is InChI=1S/C22H26N2O3/c1-2-8-21(25)23-18-10-7-14-24(16-18)22(26)17-9-6-13-20(15-17)27-19-11-4-3-5-12-19/h3-6,9,11-13,15,18H,2,7-8,10,14,16H2,1H3,(H,23,25). The molecule has 142 valence electrons. The van der Waals surface area contributed by atoms with Crippen LogP contribution in [0.2, 0.25) is 0 Å². The smallest absolute Gasteiger partial charge is 0.254 e. The van der Waals surface area contributed by atoms with Crippen LogP contribution in [0.5, 0.6) is 11.5 Å². The molecule has 5 nitrogen and oxygen atoms in total. The largest absolute Gasteiger partial charge is 0.457 e. The number of likely N-dealkylation sites (tertiary alicyclic amines) is 1. The molecule has 1 saturated heterocycles. The number of carbonyl (C=O) groups is 2. The SMILES string of the molecule is CCCC(=O)NC1CCCN(C(=O)c2cccc(Oc3ccccc3)c2)C1. The molecule has 1 aliphatic rings. The van der Waals surface area contributed by atoms with Crippen LogP contribution in [0.1, 0.15) is 43.0 Å². The molecule has 1 fully saturated rings. The minimum Gasteiger partial charge on any atom is -0.457 e. The van der Waals surface area contributed by atoms with E-state index in [0.29, 0.717) is 30.8 Å². The molecule has 2 aromatic carbocycles. The average Bonchev–Trinajstić information content (AvgIpc) is 2.69. The van der Waals surface area contributed by atoms with Gasteiger partial charge in [0.05, 0.1) is 0 Å². The summed E-state index contributed by atoms with van der Waals surface area (Å²) < 4.78 is 5.83. The van der Waals surface area contributed by atoms with E-state index < -0.39 is 0 Å². The lowest BCUT2D eigenvalue weighted by Gasteiger charge is -2.33. The average molecular weight is 366 g/mol. The zero-order valence-electron chi connectivity index (χ0n) is 15.7. The second-order valence-electron chi connectivity index (χ2n) is 6.85. The Balaban J connectivity index is 1.64. The maximum absolute atomic E-state index is 12.9. The topological polar surface area (TPSA) is 58.6 Å². The summed E-state index contributed by atoms with van der Waals surface area (Å²) in [5, 5.41) is 3.04. The predicted octanol–water partition coefficient (Wildman–Crippen LogP) is 4.00. The van der Waals surface area contributed by atoms with E-state index in [1.165, 1.54) is 0 Å². The van der Waals surface area contributed by atoms with Crippen LogP contribution in [0.3, 0.4) is 0 Å². The summed E-state index contributed by atoms with van der Waals surface area (Å²) in [5.41, 5.74) is 0.601. The van der Waals surface area contributed by atoms with Crippen molar-refractivity contribution in [1.29, 1.82) is 0 Å². The monoisotopic (exact) mass is 366 g/mol. The van der Waals surface area contributed by atoms with Gasteiger partial charge in [-0.15, -0.1) is 0 Å². The van der Waals surface area contributed by atoms with Crippen LogP contribution >= 0.6 is 0 Å². The number of nitrogens with zero attached hydrogens (tertiary/aromatic N) is 1. The van der Waals surface area contributed by atoms with Crippen LogP contribution in [-0.4, -0.2) is 35.8 Å². The van der Waals surface area contributed by atoms with Crippen molar-refractivity contribution in [2.75, 3.05) is 13.1 Å². The van der Waals surface area contributed by atoms with Gasteiger partial charge in [0.2, 0.25) is 5.91 Å². The van der Waals surface area contributed by atoms with Gasteiger partial charge >= 0.3 is 0 Å². The third-order valence-electron chi connectivity index (χ3n) is 4.61. The van der Waals surface area contributed by atoms with Crippen LogP contribution in [0.4, 0.5) is 0 Å². The fourth-order valence-electron chi connectivity index (χ4n) is 3.31. The molecule has 0 aliphatic carbocycles. The summed E-state index contributed by atoms with van der Waals surface area (Å²) in [6, 6.07) is 16.8. The maximum Gasteiger partial charge on any atom is 0.254 e. The fraction of sp³-hybridized carbons (Fsp3) is 0.364. The molecule has 1 unspecified atom stereocenters. The lowest BCUT2D eigenvalue weighted by atomic mass is 10.0. The minimum absolute atomic E-state index is 0.0250. The van der Waals surface area contributed by atoms with Gasteiger partial charge in [-0.2, -0.15) is 0 Å². The summed E-state index contributed by atoms with van der Waals surface area (Å²) in [7, 11) is 0. The zero-order chi connectivity index (χ0) is 19.1. The van der Waals surface area contributed by atoms with Gasteiger partial charge in [-0.1, -0.05) is 31.2 Å². The molecule has 0 bridgehead atoms. The number of para-hydroxylation sites is 1. The van der Waals surface area contributed by atoms with Crippen molar-refractivity contribution in [3.63, 3.8) is 0 Å². The molecule has 5 heteroatoms. The molecule has 0 radical (unpaired) electrons. The molecule has 2 aromatic rings. The van der Waals surface area contributed by atoms with E-state index in [1.807, 2.05) is 54.3 Å². The molecule has 1 atom stereocenters. The Labute approximate surface area is 160 Å². The van der Waals surface area contributed by atoms with Crippen molar-refractivity contribution in [2.45, 2.75) is 38.6 Å². The molecule has 27 heavy (non-hydrogen) atoms. The normalized spacial score (nSPS) is 16.6. The van der Waals surface area contributed by atoms with Crippen LogP contribution in [0.25, 0.3) is 0 Å². The third kappa shape index (κ3) is 5.33. The zero-order valence-corrected chi connectivity index (χ0v) is 15.7. The predicted molar refractivity (Wildman–Crippen MR) is 105 cm³/mol. The van der Waals surface area contributed by atoms with Crippen LogP contribution in [0.15, 0.2) is 54.6 Å². The van der Waals surface area contributed by atoms with E-state index in [4.69, 9.17) is 4.74 Å². The third-order valence-corrected chi connectivity index (χ3v) is 4.61. The number of amides is 2. The highest BCUT2D eigenvalue weighted by molar-refractivity contribution is 5.94. The summed E-state index contributed by atoms with van der Waals surface area (Å²) in [6.07, 6.45) is 3.16. The molecule has 0 saturated carbocycles. The maximum atomic E-state index is 12.9. The first-order valence-electron chi connectivity index (χ1n) is 9.57. The highest BCUT2D eigenvalue weighted by Gasteiger charge is 2.25. The fourth-order valence-corrected chi connectivity index (χ4v) is 3.31. The van der Waals surface area contributed by atoms with Crippen molar-refractivity contribution >= 4 is 11.8 Å². The lowest BCUT2D eigenvalue weighted by Crippen LogP contribution is -2.49. The molecular formula is C22H26N2O3. The Morgan fingerprint density at radius 1 is 1.11 bits per heavy atom. The van der Waals surface area contributed by atoms with E-state index in [1.54, 1.807) is 12.1 Å². The molecule has 0 spiro atoms. The first-order chi connectivity index (χ1) is 13.2. The second-order valence-corrected chi connectivity index (χ2v) is 6.85. The first kappa shape index (κ1) is 19.0. The van der Waals surface area contributed by atoms with E-state index in [-0.39, 0.29) is 17.9 Å². The van der Waals surface area contributed by atoms with Crippen molar-refractivity contribution in [2.24, 2.45) is 0 Å². The number of piperidine rings is 1.